The Morgan fingerprint density at radius 3 is 2.12 bits per heavy atom. The molecule has 2 unspecified atom stereocenters. The molecule has 3 rings (SSSR count). The number of fused-ring (bicyclic) bond motifs is 1. The largest absolute Gasteiger partial charge is 0.330 e. The van der Waals surface area contributed by atoms with Gasteiger partial charge in [-0.25, -0.2) is 0 Å². The minimum Gasteiger partial charge on any atom is -0.330 e. The molecule has 0 spiro atoms. The van der Waals surface area contributed by atoms with Crippen molar-refractivity contribution in [2.45, 2.75) is 19.3 Å². The molecule has 2 N–H and O–H groups in total. The van der Waals surface area contributed by atoms with E-state index in [9.17, 15) is 0 Å². The fourth-order valence-corrected chi connectivity index (χ4v) is 3.73. The molecule has 0 radical (unpaired) electrons. The minimum atomic E-state index is 0.881. The molecule has 0 aromatic carbocycles. The maximum absolute atomic E-state index is 5.73. The highest BCUT2D eigenvalue weighted by Crippen LogP contribution is 2.50. The third-order valence-corrected chi connectivity index (χ3v) is 4.90. The van der Waals surface area contributed by atoms with Crippen molar-refractivity contribution in [2.24, 2.45) is 23.5 Å². The smallest absolute Gasteiger partial charge is 0.0110 e. The number of nitrogens with two attached hydrogens (primary N) is 1. The average molecular weight is 223 g/mol. The molecule has 2 saturated heterocycles. The van der Waals surface area contributed by atoms with E-state index in [0.717, 1.165) is 24.3 Å². The summed E-state index contributed by atoms with van der Waals surface area (Å²) in [4.78, 5) is 5.31. The summed E-state index contributed by atoms with van der Waals surface area (Å²) in [7, 11) is 0. The van der Waals surface area contributed by atoms with Gasteiger partial charge in [0.1, 0.15) is 0 Å². The van der Waals surface area contributed by atoms with Gasteiger partial charge in [-0.1, -0.05) is 6.42 Å². The van der Waals surface area contributed by atoms with E-state index in [0.29, 0.717) is 0 Å². The molecule has 3 aliphatic rings. The van der Waals surface area contributed by atoms with Gasteiger partial charge in [0.05, 0.1) is 0 Å². The monoisotopic (exact) mass is 223 g/mol. The van der Waals surface area contributed by atoms with E-state index in [4.69, 9.17) is 5.73 Å². The standard InChI is InChI=1S/C13H25N3/c14-8-11-12-9-16(10-13(11)12)7-6-15-4-2-1-3-5-15/h11-13H,1-10,14H2. The molecule has 0 bridgehead atoms. The van der Waals surface area contributed by atoms with Crippen LogP contribution >= 0.6 is 0 Å². The van der Waals surface area contributed by atoms with E-state index in [1.54, 1.807) is 0 Å². The first-order valence-electron chi connectivity index (χ1n) is 7.03. The van der Waals surface area contributed by atoms with Crippen LogP contribution in [-0.2, 0) is 0 Å². The summed E-state index contributed by atoms with van der Waals surface area (Å²) in [5.74, 6) is 2.81. The summed E-state index contributed by atoms with van der Waals surface area (Å²) >= 11 is 0. The van der Waals surface area contributed by atoms with Crippen molar-refractivity contribution in [3.05, 3.63) is 0 Å². The second-order valence-corrected chi connectivity index (χ2v) is 5.89. The van der Waals surface area contributed by atoms with E-state index in [1.807, 2.05) is 0 Å². The van der Waals surface area contributed by atoms with Gasteiger partial charge < -0.3 is 15.5 Å². The van der Waals surface area contributed by atoms with E-state index >= 15 is 0 Å². The number of rotatable bonds is 4. The molecule has 1 saturated carbocycles. The minimum absolute atomic E-state index is 0.881. The lowest BCUT2D eigenvalue weighted by atomic mass is 10.1. The Morgan fingerprint density at radius 1 is 0.875 bits per heavy atom. The molecular formula is C13H25N3. The summed E-state index contributed by atoms with van der Waals surface area (Å²) in [6, 6.07) is 0. The molecule has 0 aromatic heterocycles. The van der Waals surface area contributed by atoms with Crippen molar-refractivity contribution in [1.29, 1.82) is 0 Å². The topological polar surface area (TPSA) is 32.5 Å². The fraction of sp³-hybridized carbons (Fsp3) is 1.00. The van der Waals surface area contributed by atoms with Crippen LogP contribution in [0.2, 0.25) is 0 Å². The molecule has 0 aromatic rings. The van der Waals surface area contributed by atoms with Crippen molar-refractivity contribution in [2.75, 3.05) is 45.8 Å². The zero-order valence-corrected chi connectivity index (χ0v) is 10.3. The number of hydrogen-bond acceptors (Lipinski definition) is 3. The SMILES string of the molecule is NCC1C2CN(CCN3CCCCC3)CC12. The molecule has 16 heavy (non-hydrogen) atoms. The first-order chi connectivity index (χ1) is 7.88. The van der Waals surface area contributed by atoms with Gasteiger partial charge in [-0.05, 0) is 50.2 Å². The van der Waals surface area contributed by atoms with Crippen LogP contribution in [0.1, 0.15) is 19.3 Å². The first kappa shape index (κ1) is 11.0. The van der Waals surface area contributed by atoms with Gasteiger partial charge >= 0.3 is 0 Å². The number of nitrogens with zero attached hydrogens (tertiary/aromatic N) is 2. The molecule has 92 valence electrons. The Hall–Kier alpha value is -0.120. The second kappa shape index (κ2) is 4.63. The van der Waals surface area contributed by atoms with Crippen LogP contribution in [0.5, 0.6) is 0 Å². The van der Waals surface area contributed by atoms with Crippen LogP contribution in [-0.4, -0.2) is 55.6 Å². The van der Waals surface area contributed by atoms with Gasteiger partial charge in [0, 0.05) is 26.2 Å². The van der Waals surface area contributed by atoms with Gasteiger partial charge in [-0.15, -0.1) is 0 Å². The summed E-state index contributed by atoms with van der Waals surface area (Å²) in [6.45, 7) is 8.87. The Morgan fingerprint density at radius 2 is 1.50 bits per heavy atom. The molecule has 2 aliphatic heterocycles. The lowest BCUT2D eigenvalue weighted by molar-refractivity contribution is 0.186. The van der Waals surface area contributed by atoms with Crippen molar-refractivity contribution in [3.63, 3.8) is 0 Å². The third-order valence-electron chi connectivity index (χ3n) is 4.90. The maximum Gasteiger partial charge on any atom is 0.0110 e. The van der Waals surface area contributed by atoms with Gasteiger partial charge in [-0.3, -0.25) is 0 Å². The van der Waals surface area contributed by atoms with E-state index < -0.39 is 0 Å². The van der Waals surface area contributed by atoms with Crippen molar-refractivity contribution < 1.29 is 0 Å². The number of piperidine rings is 2. The maximum atomic E-state index is 5.73. The normalized spacial score (nSPS) is 39.9. The summed E-state index contributed by atoms with van der Waals surface area (Å²) < 4.78 is 0. The summed E-state index contributed by atoms with van der Waals surface area (Å²) in [5, 5.41) is 0. The Kier molecular flexibility index (Phi) is 3.18. The van der Waals surface area contributed by atoms with Crippen LogP contribution in [0.15, 0.2) is 0 Å². The Balaban J connectivity index is 1.35. The average Bonchev–Trinajstić information content (AvgIpc) is 2.81. The molecule has 3 fully saturated rings. The van der Waals surface area contributed by atoms with Gasteiger partial charge in [0.2, 0.25) is 0 Å². The van der Waals surface area contributed by atoms with Gasteiger partial charge in [0.15, 0.2) is 0 Å². The van der Waals surface area contributed by atoms with Crippen molar-refractivity contribution >= 4 is 0 Å². The van der Waals surface area contributed by atoms with E-state index in [2.05, 4.69) is 9.80 Å². The highest BCUT2D eigenvalue weighted by molar-refractivity contribution is 5.05. The molecule has 2 heterocycles. The molecule has 3 heteroatoms. The second-order valence-electron chi connectivity index (χ2n) is 5.89. The van der Waals surface area contributed by atoms with Crippen LogP contribution in [0.4, 0.5) is 0 Å². The van der Waals surface area contributed by atoms with Crippen LogP contribution < -0.4 is 5.73 Å². The zero-order chi connectivity index (χ0) is 11.0. The summed E-state index contributed by atoms with van der Waals surface area (Å²) in [6.07, 6.45) is 4.28. The van der Waals surface area contributed by atoms with Crippen LogP contribution in [0.25, 0.3) is 0 Å². The molecule has 3 nitrogen and oxygen atoms in total. The predicted molar refractivity (Wildman–Crippen MR) is 66.3 cm³/mol. The fourth-order valence-electron chi connectivity index (χ4n) is 3.73. The van der Waals surface area contributed by atoms with Crippen LogP contribution in [0.3, 0.4) is 0 Å². The molecular weight excluding hydrogens is 198 g/mol. The van der Waals surface area contributed by atoms with Gasteiger partial charge in [0.25, 0.3) is 0 Å². The number of hydrogen-bond donors (Lipinski definition) is 1. The highest BCUT2D eigenvalue weighted by atomic mass is 15.2. The van der Waals surface area contributed by atoms with E-state index in [-0.39, 0.29) is 0 Å². The quantitative estimate of drug-likeness (QED) is 0.758. The Labute approximate surface area is 99.0 Å². The lowest BCUT2D eigenvalue weighted by Crippen LogP contribution is -2.38. The zero-order valence-electron chi connectivity index (χ0n) is 10.3. The van der Waals surface area contributed by atoms with Crippen LogP contribution in [0, 0.1) is 17.8 Å². The predicted octanol–water partition coefficient (Wildman–Crippen LogP) is 0.609. The van der Waals surface area contributed by atoms with Gasteiger partial charge in [-0.2, -0.15) is 0 Å². The number of likely N-dealkylation sites (tertiary alicyclic amines) is 2. The Bertz CT molecular complexity index is 225. The molecule has 0 amide bonds. The van der Waals surface area contributed by atoms with E-state index in [1.165, 1.54) is 58.5 Å². The molecule has 2 atom stereocenters. The highest BCUT2D eigenvalue weighted by Gasteiger charge is 2.54. The molecule has 1 aliphatic carbocycles. The van der Waals surface area contributed by atoms with Crippen molar-refractivity contribution in [1.82, 2.24) is 9.80 Å². The summed E-state index contributed by atoms with van der Waals surface area (Å²) in [5.41, 5.74) is 5.73. The lowest BCUT2D eigenvalue weighted by Gasteiger charge is -2.29. The first-order valence-corrected chi connectivity index (χ1v) is 7.03. The van der Waals surface area contributed by atoms with Crippen molar-refractivity contribution in [3.8, 4) is 0 Å². The third kappa shape index (κ3) is 2.13.